The second-order valence-electron chi connectivity index (χ2n) is 5.98. The van der Waals surface area contributed by atoms with E-state index in [1.54, 1.807) is 0 Å². The lowest BCUT2D eigenvalue weighted by atomic mass is 10.1. The number of aryl methyl sites for hydroxylation is 1. The molecule has 1 aromatic carbocycles. The van der Waals surface area contributed by atoms with Gasteiger partial charge in [0.15, 0.2) is 0 Å². The van der Waals surface area contributed by atoms with Gasteiger partial charge in [0.2, 0.25) is 5.91 Å². The summed E-state index contributed by atoms with van der Waals surface area (Å²) < 4.78 is 0. The fourth-order valence-corrected chi connectivity index (χ4v) is 2.09. The van der Waals surface area contributed by atoms with E-state index in [-0.39, 0.29) is 18.0 Å². The van der Waals surface area contributed by atoms with Crippen molar-refractivity contribution in [1.82, 2.24) is 10.3 Å². The van der Waals surface area contributed by atoms with E-state index < -0.39 is 0 Å². The number of carbonyl (C=O) groups excluding carboxylic acids is 1. The topological polar surface area (TPSA) is 54.0 Å². The SMILES string of the molecule is Cc1cc(NCC(=O)NC(C)(C)C)c2ccccc2n1. The standard InChI is InChI=1S/C16H21N3O/c1-11-9-14(12-7-5-6-8-13(12)18-11)17-10-15(20)19-16(2,3)4/h5-9H,10H2,1-4H3,(H,17,18)(H,19,20). The molecule has 4 nitrogen and oxygen atoms in total. The molecule has 1 heterocycles. The lowest BCUT2D eigenvalue weighted by molar-refractivity contribution is -0.120. The van der Waals surface area contributed by atoms with Crippen molar-refractivity contribution in [2.45, 2.75) is 33.2 Å². The molecular weight excluding hydrogens is 250 g/mol. The quantitative estimate of drug-likeness (QED) is 0.902. The maximum Gasteiger partial charge on any atom is 0.239 e. The van der Waals surface area contributed by atoms with Crippen molar-refractivity contribution in [1.29, 1.82) is 0 Å². The van der Waals surface area contributed by atoms with Gasteiger partial charge in [-0.3, -0.25) is 9.78 Å². The van der Waals surface area contributed by atoms with Crippen LogP contribution < -0.4 is 10.6 Å². The molecule has 0 aliphatic carbocycles. The lowest BCUT2D eigenvalue weighted by Crippen LogP contribution is -2.43. The zero-order chi connectivity index (χ0) is 14.8. The molecule has 0 saturated heterocycles. The molecule has 2 aromatic rings. The summed E-state index contributed by atoms with van der Waals surface area (Å²) >= 11 is 0. The van der Waals surface area contributed by atoms with Crippen LogP contribution in [0.25, 0.3) is 10.9 Å². The Morgan fingerprint density at radius 1 is 1.25 bits per heavy atom. The van der Waals surface area contributed by atoms with Gasteiger partial charge in [0.05, 0.1) is 12.1 Å². The third kappa shape index (κ3) is 3.70. The maximum atomic E-state index is 11.9. The van der Waals surface area contributed by atoms with E-state index >= 15 is 0 Å². The van der Waals surface area contributed by atoms with Gasteiger partial charge >= 0.3 is 0 Å². The van der Waals surface area contributed by atoms with Gasteiger partial charge in [-0.1, -0.05) is 18.2 Å². The zero-order valence-corrected chi connectivity index (χ0v) is 12.4. The van der Waals surface area contributed by atoms with Crippen molar-refractivity contribution in [3.05, 3.63) is 36.0 Å². The smallest absolute Gasteiger partial charge is 0.239 e. The van der Waals surface area contributed by atoms with Crippen molar-refractivity contribution < 1.29 is 4.79 Å². The summed E-state index contributed by atoms with van der Waals surface area (Å²) in [7, 11) is 0. The van der Waals surface area contributed by atoms with Crippen LogP contribution in [-0.2, 0) is 4.79 Å². The Kier molecular flexibility index (Phi) is 3.93. The van der Waals surface area contributed by atoms with Gasteiger partial charge in [0.1, 0.15) is 0 Å². The number of nitrogens with zero attached hydrogens (tertiary/aromatic N) is 1. The molecule has 2 rings (SSSR count). The average molecular weight is 271 g/mol. The first-order chi connectivity index (χ1) is 9.35. The number of hydrogen-bond acceptors (Lipinski definition) is 3. The Labute approximate surface area is 119 Å². The molecule has 20 heavy (non-hydrogen) atoms. The number of nitrogens with one attached hydrogen (secondary N) is 2. The highest BCUT2D eigenvalue weighted by Crippen LogP contribution is 2.22. The highest BCUT2D eigenvalue weighted by molar-refractivity contribution is 5.93. The second-order valence-corrected chi connectivity index (χ2v) is 5.98. The molecule has 4 heteroatoms. The zero-order valence-electron chi connectivity index (χ0n) is 12.4. The largest absolute Gasteiger partial charge is 0.376 e. The predicted molar refractivity (Wildman–Crippen MR) is 82.9 cm³/mol. The summed E-state index contributed by atoms with van der Waals surface area (Å²) in [4.78, 5) is 16.3. The number of benzene rings is 1. The van der Waals surface area contributed by atoms with Gasteiger partial charge in [-0.05, 0) is 39.8 Å². The molecule has 1 aromatic heterocycles. The Balaban J connectivity index is 2.16. The molecule has 0 spiro atoms. The first-order valence-electron chi connectivity index (χ1n) is 6.76. The number of anilines is 1. The Hall–Kier alpha value is -2.10. The van der Waals surface area contributed by atoms with E-state index in [1.165, 1.54) is 0 Å². The first-order valence-corrected chi connectivity index (χ1v) is 6.76. The number of amides is 1. The molecular formula is C16H21N3O. The molecule has 0 fully saturated rings. The number of hydrogen-bond donors (Lipinski definition) is 2. The van der Waals surface area contributed by atoms with Crippen LogP contribution >= 0.6 is 0 Å². The molecule has 0 aliphatic heterocycles. The fraction of sp³-hybridized carbons (Fsp3) is 0.375. The fourth-order valence-electron chi connectivity index (χ4n) is 2.09. The molecule has 2 N–H and O–H groups in total. The van der Waals surface area contributed by atoms with Crippen LogP contribution in [-0.4, -0.2) is 23.0 Å². The number of para-hydroxylation sites is 1. The minimum atomic E-state index is -0.213. The molecule has 0 bridgehead atoms. The highest BCUT2D eigenvalue weighted by Gasteiger charge is 2.13. The summed E-state index contributed by atoms with van der Waals surface area (Å²) in [6.07, 6.45) is 0. The Bertz CT molecular complexity index is 629. The van der Waals surface area contributed by atoms with Crippen LogP contribution in [0.5, 0.6) is 0 Å². The minimum absolute atomic E-state index is 0.0175. The second kappa shape index (κ2) is 5.49. The number of aromatic nitrogens is 1. The third-order valence-electron chi connectivity index (χ3n) is 2.80. The molecule has 0 saturated carbocycles. The van der Waals surface area contributed by atoms with E-state index in [2.05, 4.69) is 15.6 Å². The Morgan fingerprint density at radius 2 is 1.95 bits per heavy atom. The van der Waals surface area contributed by atoms with Crippen molar-refractivity contribution in [2.75, 3.05) is 11.9 Å². The van der Waals surface area contributed by atoms with Gasteiger partial charge in [-0.2, -0.15) is 0 Å². The average Bonchev–Trinajstić information content (AvgIpc) is 2.33. The van der Waals surface area contributed by atoms with Crippen molar-refractivity contribution in [3.8, 4) is 0 Å². The summed E-state index contributed by atoms with van der Waals surface area (Å²) in [5, 5.41) is 7.16. The molecule has 0 radical (unpaired) electrons. The van der Waals surface area contributed by atoms with Crippen molar-refractivity contribution >= 4 is 22.5 Å². The van der Waals surface area contributed by atoms with Crippen LogP contribution in [0.15, 0.2) is 30.3 Å². The van der Waals surface area contributed by atoms with Gasteiger partial charge in [-0.25, -0.2) is 0 Å². The molecule has 0 aliphatic rings. The van der Waals surface area contributed by atoms with Crippen molar-refractivity contribution in [3.63, 3.8) is 0 Å². The minimum Gasteiger partial charge on any atom is -0.376 e. The van der Waals surface area contributed by atoms with Gasteiger partial charge in [0, 0.05) is 22.3 Å². The molecule has 106 valence electrons. The summed E-state index contributed by atoms with van der Waals surface area (Å²) in [6.45, 7) is 8.11. The maximum absolute atomic E-state index is 11.9. The van der Waals surface area contributed by atoms with Gasteiger partial charge in [-0.15, -0.1) is 0 Å². The van der Waals surface area contributed by atoms with E-state index in [9.17, 15) is 4.79 Å². The number of rotatable bonds is 3. The van der Waals surface area contributed by atoms with Gasteiger partial charge < -0.3 is 10.6 Å². The number of carbonyl (C=O) groups is 1. The van der Waals surface area contributed by atoms with Crippen LogP contribution in [0.2, 0.25) is 0 Å². The summed E-state index contributed by atoms with van der Waals surface area (Å²) in [6, 6.07) is 9.88. The number of fused-ring (bicyclic) bond motifs is 1. The summed E-state index contributed by atoms with van der Waals surface area (Å²) in [5.74, 6) is -0.0175. The van der Waals surface area contributed by atoms with Crippen LogP contribution in [0.3, 0.4) is 0 Å². The van der Waals surface area contributed by atoms with Crippen molar-refractivity contribution in [2.24, 2.45) is 0 Å². The normalized spacial score (nSPS) is 11.4. The highest BCUT2D eigenvalue weighted by atomic mass is 16.2. The van der Waals surface area contributed by atoms with E-state index in [0.717, 1.165) is 22.3 Å². The predicted octanol–water partition coefficient (Wildman–Crippen LogP) is 2.87. The van der Waals surface area contributed by atoms with Crippen LogP contribution in [0, 0.1) is 6.92 Å². The van der Waals surface area contributed by atoms with Gasteiger partial charge in [0.25, 0.3) is 0 Å². The van der Waals surface area contributed by atoms with Crippen LogP contribution in [0.4, 0.5) is 5.69 Å². The monoisotopic (exact) mass is 271 g/mol. The lowest BCUT2D eigenvalue weighted by Gasteiger charge is -2.21. The molecule has 0 unspecified atom stereocenters. The summed E-state index contributed by atoms with van der Waals surface area (Å²) in [5.41, 5.74) is 2.60. The first kappa shape index (κ1) is 14.3. The molecule has 0 atom stereocenters. The molecule has 1 amide bonds. The number of pyridine rings is 1. The Morgan fingerprint density at radius 3 is 2.65 bits per heavy atom. The third-order valence-corrected chi connectivity index (χ3v) is 2.80. The van der Waals surface area contributed by atoms with Crippen LogP contribution in [0.1, 0.15) is 26.5 Å². The van der Waals surface area contributed by atoms with E-state index in [4.69, 9.17) is 0 Å². The van der Waals surface area contributed by atoms with E-state index in [1.807, 2.05) is 58.0 Å². The van der Waals surface area contributed by atoms with E-state index in [0.29, 0.717) is 0 Å².